The topological polar surface area (TPSA) is 89.0 Å². The van der Waals surface area contributed by atoms with Crippen molar-refractivity contribution in [2.75, 3.05) is 11.1 Å². The molecule has 130 valence electrons. The van der Waals surface area contributed by atoms with E-state index >= 15 is 0 Å². The Balaban J connectivity index is 1.83. The van der Waals surface area contributed by atoms with E-state index in [-0.39, 0.29) is 23.0 Å². The predicted octanol–water partition coefficient (Wildman–Crippen LogP) is 3.07. The Labute approximate surface area is 146 Å². The minimum absolute atomic E-state index is 0.109. The zero-order valence-corrected chi connectivity index (χ0v) is 15.2. The number of amides is 1. The summed E-state index contributed by atoms with van der Waals surface area (Å²) in [7, 11) is -3.45. The van der Waals surface area contributed by atoms with Crippen molar-refractivity contribution < 1.29 is 13.2 Å². The molecule has 1 amide bonds. The Kier molecular flexibility index (Phi) is 6.86. The molecule has 1 aromatic heterocycles. The zero-order chi connectivity index (χ0) is 17.4. The van der Waals surface area contributed by atoms with Crippen LogP contribution in [0, 0.1) is 0 Å². The average molecular weight is 367 g/mol. The van der Waals surface area contributed by atoms with Gasteiger partial charge in [0.15, 0.2) is 9.84 Å². The highest BCUT2D eigenvalue weighted by Gasteiger charge is 2.17. The van der Waals surface area contributed by atoms with Gasteiger partial charge in [-0.25, -0.2) is 8.42 Å². The molecule has 2 rings (SSSR count). The normalized spacial score (nSPS) is 11.4. The van der Waals surface area contributed by atoms with Crippen molar-refractivity contribution >= 4 is 32.2 Å². The lowest BCUT2D eigenvalue weighted by Gasteiger charge is -2.04. The number of unbranched alkanes of at least 4 members (excludes halogenated alkanes) is 2. The van der Waals surface area contributed by atoms with Gasteiger partial charge in [0.05, 0.1) is 10.6 Å². The molecule has 6 nitrogen and oxygen atoms in total. The number of sulfone groups is 1. The molecule has 0 aliphatic heterocycles. The van der Waals surface area contributed by atoms with E-state index in [4.69, 9.17) is 0 Å². The van der Waals surface area contributed by atoms with Crippen LogP contribution in [0.25, 0.3) is 0 Å². The van der Waals surface area contributed by atoms with Gasteiger partial charge in [0.1, 0.15) is 5.01 Å². The molecular formula is C16H21N3O3S2. The number of benzene rings is 1. The highest BCUT2D eigenvalue weighted by Crippen LogP contribution is 2.18. The number of nitrogens with zero attached hydrogens (tertiary/aromatic N) is 2. The van der Waals surface area contributed by atoms with Crippen molar-refractivity contribution in [2.24, 2.45) is 0 Å². The third-order valence-corrected chi connectivity index (χ3v) is 6.04. The highest BCUT2D eigenvalue weighted by atomic mass is 32.2. The molecule has 0 saturated carbocycles. The van der Waals surface area contributed by atoms with E-state index in [1.54, 1.807) is 18.2 Å². The van der Waals surface area contributed by atoms with Crippen LogP contribution in [0.5, 0.6) is 0 Å². The number of carbonyl (C=O) groups excluding carboxylic acids is 1. The van der Waals surface area contributed by atoms with Crippen molar-refractivity contribution in [1.29, 1.82) is 0 Å². The number of anilines is 1. The van der Waals surface area contributed by atoms with Crippen LogP contribution >= 0.6 is 11.3 Å². The Hall–Kier alpha value is -1.80. The van der Waals surface area contributed by atoms with Crippen LogP contribution < -0.4 is 5.32 Å². The largest absolute Gasteiger partial charge is 0.301 e. The van der Waals surface area contributed by atoms with Gasteiger partial charge < -0.3 is 5.32 Å². The van der Waals surface area contributed by atoms with Crippen LogP contribution in [-0.4, -0.2) is 30.3 Å². The molecule has 1 aromatic carbocycles. The first-order chi connectivity index (χ1) is 11.5. The Bertz CT molecular complexity index is 758. The molecule has 0 spiro atoms. The first-order valence-electron chi connectivity index (χ1n) is 7.91. The lowest BCUT2D eigenvalue weighted by atomic mass is 10.2. The lowest BCUT2D eigenvalue weighted by Crippen LogP contribution is -2.17. The van der Waals surface area contributed by atoms with Crippen molar-refractivity contribution in [3.8, 4) is 0 Å². The number of hydrogen-bond donors (Lipinski definition) is 1. The van der Waals surface area contributed by atoms with E-state index in [1.165, 1.54) is 23.5 Å². The fraction of sp³-hybridized carbons (Fsp3) is 0.438. The van der Waals surface area contributed by atoms with Crippen molar-refractivity contribution in [3.05, 3.63) is 35.3 Å². The molecule has 1 heterocycles. The molecular weight excluding hydrogens is 346 g/mol. The summed E-state index contributed by atoms with van der Waals surface area (Å²) < 4.78 is 24.3. The minimum Gasteiger partial charge on any atom is -0.301 e. The van der Waals surface area contributed by atoms with E-state index < -0.39 is 9.84 Å². The smallest absolute Gasteiger partial charge is 0.227 e. The Morgan fingerprint density at radius 3 is 2.62 bits per heavy atom. The number of nitrogens with one attached hydrogen (secondary N) is 1. The second-order valence-electron chi connectivity index (χ2n) is 5.39. The highest BCUT2D eigenvalue weighted by molar-refractivity contribution is 7.91. The van der Waals surface area contributed by atoms with Crippen LogP contribution in [0.1, 0.15) is 37.6 Å². The van der Waals surface area contributed by atoms with Crippen molar-refractivity contribution in [1.82, 2.24) is 10.2 Å². The summed E-state index contributed by atoms with van der Waals surface area (Å²) in [5.41, 5.74) is 0. The molecule has 0 radical (unpaired) electrons. The quantitative estimate of drug-likeness (QED) is 0.688. The molecule has 24 heavy (non-hydrogen) atoms. The van der Waals surface area contributed by atoms with E-state index in [1.807, 2.05) is 0 Å². The number of rotatable bonds is 9. The maximum atomic E-state index is 12.1. The molecule has 0 bridgehead atoms. The lowest BCUT2D eigenvalue weighted by molar-refractivity contribution is -0.115. The number of aromatic nitrogens is 2. The first-order valence-corrected chi connectivity index (χ1v) is 10.4. The second kappa shape index (κ2) is 8.89. The Morgan fingerprint density at radius 2 is 1.92 bits per heavy atom. The van der Waals surface area contributed by atoms with E-state index in [0.29, 0.717) is 5.13 Å². The maximum Gasteiger partial charge on any atom is 0.227 e. The Morgan fingerprint density at radius 1 is 1.17 bits per heavy atom. The number of hydrogen-bond acceptors (Lipinski definition) is 6. The summed E-state index contributed by atoms with van der Waals surface area (Å²) in [5.74, 6) is -0.601. The van der Waals surface area contributed by atoms with Gasteiger partial charge >= 0.3 is 0 Å². The molecule has 0 aliphatic rings. The molecule has 0 saturated heterocycles. The van der Waals surface area contributed by atoms with Gasteiger partial charge in [-0.05, 0) is 18.6 Å². The van der Waals surface area contributed by atoms with Gasteiger partial charge in [-0.15, -0.1) is 10.2 Å². The second-order valence-corrected chi connectivity index (χ2v) is 8.56. The number of aryl methyl sites for hydroxylation is 1. The monoisotopic (exact) mass is 367 g/mol. The summed E-state index contributed by atoms with van der Waals surface area (Å²) in [4.78, 5) is 12.2. The van der Waals surface area contributed by atoms with Gasteiger partial charge in [-0.2, -0.15) is 0 Å². The molecule has 0 aliphatic carbocycles. The van der Waals surface area contributed by atoms with E-state index in [2.05, 4.69) is 22.4 Å². The fourth-order valence-electron chi connectivity index (χ4n) is 2.09. The standard InChI is InChI=1S/C16H21N3O3S2/c1-2-3-5-10-15-18-19-16(23-15)17-14(20)11-12-24(21,22)13-8-6-4-7-9-13/h4,6-9H,2-3,5,10-12H2,1H3,(H,17,19,20). The fourth-order valence-corrected chi connectivity index (χ4v) is 4.15. The van der Waals surface area contributed by atoms with Crippen LogP contribution in [0.4, 0.5) is 5.13 Å². The van der Waals surface area contributed by atoms with Crippen LogP contribution in [0.2, 0.25) is 0 Å². The third kappa shape index (κ3) is 5.68. The first kappa shape index (κ1) is 18.5. The predicted molar refractivity (Wildman–Crippen MR) is 94.9 cm³/mol. The zero-order valence-electron chi connectivity index (χ0n) is 13.6. The van der Waals surface area contributed by atoms with Crippen LogP contribution in [0.3, 0.4) is 0 Å². The molecule has 2 aromatic rings. The SMILES string of the molecule is CCCCCc1nnc(NC(=O)CCS(=O)(=O)c2ccccc2)s1. The average Bonchev–Trinajstić information content (AvgIpc) is 3.01. The summed E-state index contributed by atoms with van der Waals surface area (Å²) in [5, 5.41) is 11.9. The summed E-state index contributed by atoms with van der Waals surface area (Å²) in [6.45, 7) is 2.13. The summed E-state index contributed by atoms with van der Waals surface area (Å²) >= 11 is 1.34. The van der Waals surface area contributed by atoms with Gasteiger partial charge in [-0.3, -0.25) is 4.79 Å². The molecule has 0 unspecified atom stereocenters. The van der Waals surface area contributed by atoms with Crippen LogP contribution in [-0.2, 0) is 21.1 Å². The summed E-state index contributed by atoms with van der Waals surface area (Å²) in [6, 6.07) is 8.13. The van der Waals surface area contributed by atoms with Gasteiger partial charge in [0.2, 0.25) is 11.0 Å². The van der Waals surface area contributed by atoms with Crippen molar-refractivity contribution in [3.63, 3.8) is 0 Å². The molecule has 1 N–H and O–H groups in total. The van der Waals surface area contributed by atoms with Gasteiger partial charge in [0.25, 0.3) is 0 Å². The number of carbonyl (C=O) groups is 1. The molecule has 0 fully saturated rings. The minimum atomic E-state index is -3.45. The van der Waals surface area contributed by atoms with E-state index in [0.717, 1.165) is 30.7 Å². The molecule has 0 atom stereocenters. The maximum absolute atomic E-state index is 12.1. The summed E-state index contributed by atoms with van der Waals surface area (Å²) in [6.07, 6.45) is 4.07. The molecule has 8 heteroatoms. The van der Waals surface area contributed by atoms with Crippen molar-refractivity contribution in [2.45, 2.75) is 43.9 Å². The van der Waals surface area contributed by atoms with Gasteiger partial charge in [0, 0.05) is 12.8 Å². The van der Waals surface area contributed by atoms with Crippen LogP contribution in [0.15, 0.2) is 35.2 Å². The van der Waals surface area contributed by atoms with E-state index in [9.17, 15) is 13.2 Å². The van der Waals surface area contributed by atoms with Gasteiger partial charge in [-0.1, -0.05) is 49.3 Å². The third-order valence-electron chi connectivity index (χ3n) is 3.41.